The SMILES string of the molecule is CCOC(=O)[C@H]1C[C@H](O)CCN1. The number of aliphatic hydroxyl groups is 1. The van der Waals surface area contributed by atoms with Gasteiger partial charge in [-0.3, -0.25) is 4.79 Å². The van der Waals surface area contributed by atoms with Gasteiger partial charge in [0.05, 0.1) is 12.7 Å². The third-order valence-corrected chi connectivity index (χ3v) is 1.95. The standard InChI is InChI=1S/C8H15NO3/c1-2-12-8(11)7-5-6(10)3-4-9-7/h6-7,9-10H,2-5H2,1H3/t6-,7-/m1/s1. The summed E-state index contributed by atoms with van der Waals surface area (Å²) < 4.78 is 4.82. The quantitative estimate of drug-likeness (QED) is 0.561. The molecule has 2 N–H and O–H groups in total. The molecule has 0 aromatic rings. The number of carbonyl (C=O) groups excluding carboxylic acids is 1. The molecule has 1 rings (SSSR count). The van der Waals surface area contributed by atoms with E-state index >= 15 is 0 Å². The lowest BCUT2D eigenvalue weighted by Crippen LogP contribution is -2.46. The first-order chi connectivity index (χ1) is 5.74. The summed E-state index contributed by atoms with van der Waals surface area (Å²) >= 11 is 0. The van der Waals surface area contributed by atoms with E-state index in [0.717, 1.165) is 6.42 Å². The molecular formula is C8H15NO3. The number of hydrogen-bond acceptors (Lipinski definition) is 4. The molecule has 0 radical (unpaired) electrons. The largest absolute Gasteiger partial charge is 0.465 e. The van der Waals surface area contributed by atoms with E-state index in [-0.39, 0.29) is 18.1 Å². The monoisotopic (exact) mass is 173 g/mol. The Bertz CT molecular complexity index is 160. The number of nitrogens with one attached hydrogen (secondary N) is 1. The van der Waals surface area contributed by atoms with E-state index in [1.807, 2.05) is 0 Å². The van der Waals surface area contributed by atoms with Crippen molar-refractivity contribution in [3.63, 3.8) is 0 Å². The summed E-state index contributed by atoms with van der Waals surface area (Å²) in [7, 11) is 0. The highest BCUT2D eigenvalue weighted by Crippen LogP contribution is 2.09. The van der Waals surface area contributed by atoms with Gasteiger partial charge in [0, 0.05) is 0 Å². The van der Waals surface area contributed by atoms with Gasteiger partial charge in [0.1, 0.15) is 6.04 Å². The number of piperidine rings is 1. The van der Waals surface area contributed by atoms with Gasteiger partial charge in [0.15, 0.2) is 0 Å². The molecule has 0 aliphatic carbocycles. The maximum absolute atomic E-state index is 11.1. The smallest absolute Gasteiger partial charge is 0.323 e. The van der Waals surface area contributed by atoms with Gasteiger partial charge in [0.25, 0.3) is 0 Å². The molecule has 0 saturated carbocycles. The Morgan fingerprint density at radius 2 is 2.50 bits per heavy atom. The van der Waals surface area contributed by atoms with Gasteiger partial charge >= 0.3 is 5.97 Å². The highest BCUT2D eigenvalue weighted by atomic mass is 16.5. The van der Waals surface area contributed by atoms with Crippen LogP contribution in [0.4, 0.5) is 0 Å². The summed E-state index contributed by atoms with van der Waals surface area (Å²) in [6, 6.07) is -0.311. The number of esters is 1. The number of rotatable bonds is 2. The Labute approximate surface area is 71.9 Å². The Morgan fingerprint density at radius 3 is 3.08 bits per heavy atom. The maximum atomic E-state index is 11.1. The van der Waals surface area contributed by atoms with Crippen LogP contribution in [0, 0.1) is 0 Å². The molecule has 0 amide bonds. The van der Waals surface area contributed by atoms with Gasteiger partial charge in [-0.1, -0.05) is 0 Å². The van der Waals surface area contributed by atoms with Gasteiger partial charge < -0.3 is 15.2 Å². The number of hydrogen-bond donors (Lipinski definition) is 2. The zero-order valence-corrected chi connectivity index (χ0v) is 7.25. The molecule has 2 atom stereocenters. The molecule has 70 valence electrons. The number of ether oxygens (including phenoxy) is 1. The average Bonchev–Trinajstić information content (AvgIpc) is 2.05. The zero-order chi connectivity index (χ0) is 8.97. The molecule has 12 heavy (non-hydrogen) atoms. The van der Waals surface area contributed by atoms with Crippen LogP contribution in [0.3, 0.4) is 0 Å². The topological polar surface area (TPSA) is 58.6 Å². The van der Waals surface area contributed by atoms with E-state index in [4.69, 9.17) is 4.74 Å². The molecule has 1 aliphatic heterocycles. The predicted octanol–water partition coefficient (Wildman–Crippen LogP) is -0.338. The van der Waals surface area contributed by atoms with E-state index in [1.54, 1.807) is 6.92 Å². The average molecular weight is 173 g/mol. The summed E-state index contributed by atoms with van der Waals surface area (Å²) in [5.74, 6) is -0.253. The van der Waals surface area contributed by atoms with Crippen molar-refractivity contribution in [3.05, 3.63) is 0 Å². The van der Waals surface area contributed by atoms with Crippen molar-refractivity contribution in [2.24, 2.45) is 0 Å². The maximum Gasteiger partial charge on any atom is 0.323 e. The fraction of sp³-hybridized carbons (Fsp3) is 0.875. The van der Waals surface area contributed by atoms with Crippen molar-refractivity contribution in [1.82, 2.24) is 5.32 Å². The molecule has 0 bridgehead atoms. The van der Waals surface area contributed by atoms with Crippen LogP contribution < -0.4 is 5.32 Å². The first kappa shape index (κ1) is 9.48. The molecule has 4 heteroatoms. The van der Waals surface area contributed by atoms with E-state index in [1.165, 1.54) is 0 Å². The van der Waals surface area contributed by atoms with Crippen LogP contribution in [-0.4, -0.2) is 36.4 Å². The third kappa shape index (κ3) is 2.46. The molecule has 1 heterocycles. The molecule has 1 saturated heterocycles. The van der Waals surface area contributed by atoms with Crippen molar-refractivity contribution < 1.29 is 14.6 Å². The van der Waals surface area contributed by atoms with Crippen molar-refractivity contribution in [3.8, 4) is 0 Å². The van der Waals surface area contributed by atoms with Crippen LogP contribution in [0.25, 0.3) is 0 Å². The van der Waals surface area contributed by atoms with Gasteiger partial charge in [-0.05, 0) is 26.3 Å². The summed E-state index contributed by atoms with van der Waals surface area (Å²) in [5.41, 5.74) is 0. The molecule has 4 nitrogen and oxygen atoms in total. The lowest BCUT2D eigenvalue weighted by Gasteiger charge is -2.25. The van der Waals surface area contributed by atoms with Crippen LogP contribution in [0.2, 0.25) is 0 Å². The Hall–Kier alpha value is -0.610. The minimum Gasteiger partial charge on any atom is -0.465 e. The molecular weight excluding hydrogens is 158 g/mol. The first-order valence-corrected chi connectivity index (χ1v) is 4.32. The minimum absolute atomic E-state index is 0.253. The fourth-order valence-electron chi connectivity index (χ4n) is 1.32. The second kappa shape index (κ2) is 4.42. The molecule has 0 spiro atoms. The molecule has 0 aromatic heterocycles. The van der Waals surface area contributed by atoms with Crippen molar-refractivity contribution >= 4 is 5.97 Å². The molecule has 0 unspecified atom stereocenters. The summed E-state index contributed by atoms with van der Waals surface area (Å²) in [6.07, 6.45) is 0.829. The highest BCUT2D eigenvalue weighted by molar-refractivity contribution is 5.75. The lowest BCUT2D eigenvalue weighted by molar-refractivity contribution is -0.147. The first-order valence-electron chi connectivity index (χ1n) is 4.32. The Kier molecular flexibility index (Phi) is 3.49. The van der Waals surface area contributed by atoms with Gasteiger partial charge in [-0.2, -0.15) is 0 Å². The second-order valence-corrected chi connectivity index (χ2v) is 2.94. The van der Waals surface area contributed by atoms with Crippen LogP contribution in [0.1, 0.15) is 19.8 Å². The fourth-order valence-corrected chi connectivity index (χ4v) is 1.32. The summed E-state index contributed by atoms with van der Waals surface area (Å²) in [4.78, 5) is 11.1. The molecule has 1 aliphatic rings. The van der Waals surface area contributed by atoms with Crippen molar-refractivity contribution in [2.75, 3.05) is 13.2 Å². The Balaban J connectivity index is 2.35. The van der Waals surface area contributed by atoms with Crippen molar-refractivity contribution in [1.29, 1.82) is 0 Å². The van der Waals surface area contributed by atoms with Crippen molar-refractivity contribution in [2.45, 2.75) is 31.9 Å². The van der Waals surface area contributed by atoms with Crippen LogP contribution in [0.5, 0.6) is 0 Å². The zero-order valence-electron chi connectivity index (χ0n) is 7.25. The van der Waals surface area contributed by atoms with Gasteiger partial charge in [-0.25, -0.2) is 0 Å². The van der Waals surface area contributed by atoms with Crippen LogP contribution >= 0.6 is 0 Å². The van der Waals surface area contributed by atoms with E-state index < -0.39 is 0 Å². The summed E-state index contributed by atoms with van der Waals surface area (Å²) in [5, 5.41) is 12.2. The molecule has 1 fully saturated rings. The predicted molar refractivity (Wildman–Crippen MR) is 43.7 cm³/mol. The van der Waals surface area contributed by atoms with Gasteiger partial charge in [0.2, 0.25) is 0 Å². The van der Waals surface area contributed by atoms with E-state index in [9.17, 15) is 9.90 Å². The summed E-state index contributed by atoms with van der Waals surface area (Å²) in [6.45, 7) is 2.86. The van der Waals surface area contributed by atoms with Crippen LogP contribution in [-0.2, 0) is 9.53 Å². The van der Waals surface area contributed by atoms with E-state index in [2.05, 4.69) is 5.32 Å². The Morgan fingerprint density at radius 1 is 1.75 bits per heavy atom. The normalized spacial score (nSPS) is 29.8. The minimum atomic E-state index is -0.361. The van der Waals surface area contributed by atoms with Crippen LogP contribution in [0.15, 0.2) is 0 Å². The lowest BCUT2D eigenvalue weighted by atomic mass is 10.0. The second-order valence-electron chi connectivity index (χ2n) is 2.94. The third-order valence-electron chi connectivity index (χ3n) is 1.95. The number of carbonyl (C=O) groups is 1. The van der Waals surface area contributed by atoms with E-state index in [0.29, 0.717) is 19.6 Å². The highest BCUT2D eigenvalue weighted by Gasteiger charge is 2.26. The van der Waals surface area contributed by atoms with Gasteiger partial charge in [-0.15, -0.1) is 0 Å². The molecule has 0 aromatic carbocycles. The number of aliphatic hydroxyl groups excluding tert-OH is 1.